The third-order valence-electron chi connectivity index (χ3n) is 4.58. The van der Waals surface area contributed by atoms with E-state index < -0.39 is 0 Å². The topological polar surface area (TPSA) is 52.3 Å². The highest BCUT2D eigenvalue weighted by Gasteiger charge is 2.37. The molecule has 1 aliphatic carbocycles. The summed E-state index contributed by atoms with van der Waals surface area (Å²) in [6, 6.07) is 5.99. The summed E-state index contributed by atoms with van der Waals surface area (Å²) in [4.78, 5) is 12.8. The minimum absolute atomic E-state index is 0.281. The molecule has 0 atom stereocenters. The number of benzene rings is 1. The van der Waals surface area contributed by atoms with Gasteiger partial charge in [0.1, 0.15) is 11.5 Å². The van der Waals surface area contributed by atoms with E-state index in [1.165, 1.54) is 6.42 Å². The molecule has 1 aliphatic rings. The summed E-state index contributed by atoms with van der Waals surface area (Å²) in [5.74, 6) is 1.08. The van der Waals surface area contributed by atoms with Crippen molar-refractivity contribution in [3.8, 4) is 5.75 Å². The number of rotatable bonds is 5. The van der Waals surface area contributed by atoms with Crippen LogP contribution in [-0.4, -0.2) is 19.4 Å². The summed E-state index contributed by atoms with van der Waals surface area (Å²) in [5, 5.41) is 0. The number of carbonyl (C=O) groups excluding carboxylic acids is 1. The van der Waals surface area contributed by atoms with Crippen molar-refractivity contribution in [3.05, 3.63) is 29.3 Å². The van der Waals surface area contributed by atoms with Gasteiger partial charge in [-0.3, -0.25) is 4.79 Å². The molecule has 0 saturated heterocycles. The quantitative estimate of drug-likeness (QED) is 0.898. The fourth-order valence-electron chi connectivity index (χ4n) is 3.23. The largest absolute Gasteiger partial charge is 0.496 e. The molecule has 1 fully saturated rings. The molecule has 20 heavy (non-hydrogen) atoms. The van der Waals surface area contributed by atoms with Crippen LogP contribution in [0.2, 0.25) is 0 Å². The van der Waals surface area contributed by atoms with Gasteiger partial charge in [-0.25, -0.2) is 0 Å². The molecule has 110 valence electrons. The van der Waals surface area contributed by atoms with Gasteiger partial charge < -0.3 is 10.5 Å². The fourth-order valence-corrected chi connectivity index (χ4v) is 3.23. The third-order valence-corrected chi connectivity index (χ3v) is 4.58. The normalized spacial score (nSPS) is 17.8. The van der Waals surface area contributed by atoms with E-state index >= 15 is 0 Å². The maximum absolute atomic E-state index is 12.8. The number of nitrogens with two attached hydrogens (primary N) is 1. The Bertz CT molecular complexity index is 476. The maximum Gasteiger partial charge on any atom is 0.144 e. The van der Waals surface area contributed by atoms with Gasteiger partial charge in [-0.2, -0.15) is 0 Å². The van der Waals surface area contributed by atoms with Crippen molar-refractivity contribution in [2.24, 2.45) is 11.1 Å². The average molecular weight is 275 g/mol. The van der Waals surface area contributed by atoms with Crippen molar-refractivity contribution in [3.63, 3.8) is 0 Å². The number of ketones is 1. The molecule has 2 N–H and O–H groups in total. The van der Waals surface area contributed by atoms with Crippen molar-refractivity contribution >= 4 is 5.78 Å². The van der Waals surface area contributed by atoms with Crippen LogP contribution in [0.4, 0.5) is 0 Å². The third kappa shape index (κ3) is 3.04. The second-order valence-electron chi connectivity index (χ2n) is 5.96. The number of hydrogen-bond donors (Lipinski definition) is 1. The molecular weight excluding hydrogens is 250 g/mol. The highest BCUT2D eigenvalue weighted by Crippen LogP contribution is 2.37. The van der Waals surface area contributed by atoms with Crippen molar-refractivity contribution < 1.29 is 9.53 Å². The SMILES string of the molecule is COc1ccc(C)cc1CC(=O)C1(CN)CCCCC1. The molecular formula is C17H25NO2. The summed E-state index contributed by atoms with van der Waals surface area (Å²) < 4.78 is 5.37. The van der Waals surface area contributed by atoms with Gasteiger partial charge in [-0.15, -0.1) is 0 Å². The molecule has 1 aromatic carbocycles. The second-order valence-corrected chi connectivity index (χ2v) is 5.96. The number of methoxy groups -OCH3 is 1. The smallest absolute Gasteiger partial charge is 0.144 e. The maximum atomic E-state index is 12.8. The zero-order valence-electron chi connectivity index (χ0n) is 12.6. The van der Waals surface area contributed by atoms with Crippen LogP contribution in [0, 0.1) is 12.3 Å². The van der Waals surface area contributed by atoms with Crippen LogP contribution in [0.5, 0.6) is 5.75 Å². The van der Waals surface area contributed by atoms with Crippen LogP contribution >= 0.6 is 0 Å². The monoisotopic (exact) mass is 275 g/mol. The van der Waals surface area contributed by atoms with E-state index in [4.69, 9.17) is 10.5 Å². The number of aryl methyl sites for hydroxylation is 1. The molecule has 0 spiro atoms. The Morgan fingerprint density at radius 2 is 2.00 bits per heavy atom. The zero-order valence-corrected chi connectivity index (χ0v) is 12.6. The van der Waals surface area contributed by atoms with Crippen molar-refractivity contribution in [1.82, 2.24) is 0 Å². The van der Waals surface area contributed by atoms with E-state index in [2.05, 4.69) is 0 Å². The first kappa shape index (κ1) is 15.0. The van der Waals surface area contributed by atoms with Gasteiger partial charge in [0.15, 0.2) is 0 Å². The van der Waals surface area contributed by atoms with Gasteiger partial charge in [0.2, 0.25) is 0 Å². The van der Waals surface area contributed by atoms with Gasteiger partial charge in [0.25, 0.3) is 0 Å². The summed E-state index contributed by atoms with van der Waals surface area (Å²) in [5.41, 5.74) is 7.78. The molecule has 0 aliphatic heterocycles. The predicted octanol–water partition coefficient (Wildman–Crippen LogP) is 3.02. The van der Waals surface area contributed by atoms with Crippen LogP contribution < -0.4 is 10.5 Å². The van der Waals surface area contributed by atoms with E-state index in [1.54, 1.807) is 7.11 Å². The lowest BCUT2D eigenvalue weighted by Crippen LogP contribution is -2.41. The Labute approximate surface area is 121 Å². The first-order valence-corrected chi connectivity index (χ1v) is 7.48. The summed E-state index contributed by atoms with van der Waals surface area (Å²) in [7, 11) is 1.65. The molecule has 0 amide bonds. The number of ether oxygens (including phenoxy) is 1. The predicted molar refractivity (Wildman–Crippen MR) is 81.0 cm³/mol. The summed E-state index contributed by atoms with van der Waals surface area (Å²) in [6.45, 7) is 2.51. The molecule has 2 rings (SSSR count). The van der Waals surface area contributed by atoms with Crippen LogP contribution in [0.25, 0.3) is 0 Å². The van der Waals surface area contributed by atoms with Crippen molar-refractivity contribution in [2.45, 2.75) is 45.4 Å². The Morgan fingerprint density at radius 3 is 2.60 bits per heavy atom. The van der Waals surface area contributed by atoms with E-state index in [0.29, 0.717) is 13.0 Å². The number of Topliss-reactive ketones (excluding diaryl/α,β-unsaturated/α-hetero) is 1. The van der Waals surface area contributed by atoms with Crippen LogP contribution in [0.15, 0.2) is 18.2 Å². The van der Waals surface area contributed by atoms with Gasteiger partial charge in [-0.05, 0) is 25.8 Å². The first-order chi connectivity index (χ1) is 9.61. The molecule has 0 heterocycles. The molecule has 1 aromatic rings. The molecule has 1 saturated carbocycles. The minimum Gasteiger partial charge on any atom is -0.496 e. The van der Waals surface area contributed by atoms with Gasteiger partial charge >= 0.3 is 0 Å². The van der Waals surface area contributed by atoms with E-state index in [1.807, 2.05) is 25.1 Å². The minimum atomic E-state index is -0.299. The van der Waals surface area contributed by atoms with Gasteiger partial charge in [-0.1, -0.05) is 37.0 Å². The average Bonchev–Trinajstić information content (AvgIpc) is 2.48. The van der Waals surface area contributed by atoms with Crippen LogP contribution in [0.3, 0.4) is 0 Å². The Balaban J connectivity index is 2.20. The molecule has 0 unspecified atom stereocenters. The van der Waals surface area contributed by atoms with E-state index in [-0.39, 0.29) is 11.2 Å². The van der Waals surface area contributed by atoms with Crippen LogP contribution in [0.1, 0.15) is 43.2 Å². The Kier molecular flexibility index (Phi) is 4.81. The van der Waals surface area contributed by atoms with E-state index in [9.17, 15) is 4.79 Å². The lowest BCUT2D eigenvalue weighted by atomic mass is 9.70. The molecule has 3 nitrogen and oxygen atoms in total. The fraction of sp³-hybridized carbons (Fsp3) is 0.588. The van der Waals surface area contributed by atoms with Gasteiger partial charge in [0.05, 0.1) is 7.11 Å². The summed E-state index contributed by atoms with van der Waals surface area (Å²) in [6.07, 6.45) is 5.78. The van der Waals surface area contributed by atoms with Gasteiger partial charge in [0, 0.05) is 23.9 Å². The van der Waals surface area contributed by atoms with Crippen LogP contribution in [-0.2, 0) is 11.2 Å². The van der Waals surface area contributed by atoms with Crippen molar-refractivity contribution in [1.29, 1.82) is 0 Å². The van der Waals surface area contributed by atoms with E-state index in [0.717, 1.165) is 42.6 Å². The molecule has 3 heteroatoms. The number of carbonyl (C=O) groups is 1. The highest BCUT2D eigenvalue weighted by atomic mass is 16.5. The second kappa shape index (κ2) is 6.40. The molecule has 0 radical (unpaired) electrons. The first-order valence-electron chi connectivity index (χ1n) is 7.48. The summed E-state index contributed by atoms with van der Waals surface area (Å²) >= 11 is 0. The zero-order chi connectivity index (χ0) is 14.6. The molecule has 0 bridgehead atoms. The standard InChI is InChI=1S/C17H25NO2/c1-13-6-7-15(20-2)14(10-13)11-16(19)17(12-18)8-4-3-5-9-17/h6-7,10H,3-5,8-9,11-12,18H2,1-2H3. The number of hydrogen-bond acceptors (Lipinski definition) is 3. The highest BCUT2D eigenvalue weighted by molar-refractivity contribution is 5.87. The Morgan fingerprint density at radius 1 is 1.30 bits per heavy atom. The van der Waals surface area contributed by atoms with Crippen molar-refractivity contribution in [2.75, 3.05) is 13.7 Å². The lowest BCUT2D eigenvalue weighted by Gasteiger charge is -2.34. The lowest BCUT2D eigenvalue weighted by molar-refractivity contribution is -0.129. The molecule has 0 aromatic heterocycles. The Hall–Kier alpha value is -1.35.